The largest absolute Gasteiger partial charge is 0.368 e. The van der Waals surface area contributed by atoms with Crippen molar-refractivity contribution >= 4 is 17.4 Å². The van der Waals surface area contributed by atoms with Crippen molar-refractivity contribution in [1.29, 1.82) is 0 Å². The van der Waals surface area contributed by atoms with Crippen LogP contribution in [0.4, 0.5) is 11.5 Å². The summed E-state index contributed by atoms with van der Waals surface area (Å²) in [6.07, 6.45) is 0. The summed E-state index contributed by atoms with van der Waals surface area (Å²) in [5.41, 5.74) is 2.92. The summed E-state index contributed by atoms with van der Waals surface area (Å²) >= 11 is 0. The van der Waals surface area contributed by atoms with Gasteiger partial charge in [0.2, 0.25) is 0 Å². The first-order valence-corrected chi connectivity index (χ1v) is 10.6. The van der Waals surface area contributed by atoms with Crippen molar-refractivity contribution in [3.05, 3.63) is 47.7 Å². The summed E-state index contributed by atoms with van der Waals surface area (Å²) < 4.78 is 0. The number of amides is 1. The summed E-state index contributed by atoms with van der Waals surface area (Å²) in [6, 6.07) is 12.3. The van der Waals surface area contributed by atoms with Gasteiger partial charge in [0.15, 0.2) is 11.5 Å². The number of anilines is 2. The minimum atomic E-state index is -0.0243. The van der Waals surface area contributed by atoms with Crippen molar-refractivity contribution in [1.82, 2.24) is 20.0 Å². The minimum absolute atomic E-state index is 0.0243. The average Bonchev–Trinajstić information content (AvgIpc) is 2.79. The number of carbonyl (C=O) groups excluding carboxylic acids is 1. The smallest absolute Gasteiger partial charge is 0.274 e. The second-order valence-corrected chi connectivity index (χ2v) is 7.82. The lowest BCUT2D eigenvalue weighted by atomic mass is 10.2. The van der Waals surface area contributed by atoms with E-state index in [0.29, 0.717) is 18.8 Å². The zero-order valence-electron chi connectivity index (χ0n) is 17.4. The highest BCUT2D eigenvalue weighted by Gasteiger charge is 2.24. The Balaban J connectivity index is 1.33. The van der Waals surface area contributed by atoms with Crippen molar-refractivity contribution in [3.8, 4) is 0 Å². The molecule has 3 heterocycles. The predicted octanol–water partition coefficient (Wildman–Crippen LogP) is 1.89. The zero-order valence-corrected chi connectivity index (χ0v) is 17.4. The number of piperazine rings is 2. The molecule has 2 saturated heterocycles. The molecule has 0 N–H and O–H groups in total. The molecule has 7 heteroatoms. The van der Waals surface area contributed by atoms with Crippen LogP contribution in [0.2, 0.25) is 0 Å². The zero-order chi connectivity index (χ0) is 20.2. The van der Waals surface area contributed by atoms with E-state index < -0.39 is 0 Å². The van der Waals surface area contributed by atoms with Crippen LogP contribution in [0.15, 0.2) is 36.4 Å². The van der Waals surface area contributed by atoms with Crippen LogP contribution < -0.4 is 9.80 Å². The minimum Gasteiger partial charge on any atom is -0.368 e. The van der Waals surface area contributed by atoms with Gasteiger partial charge in [0.1, 0.15) is 0 Å². The highest BCUT2D eigenvalue weighted by Crippen LogP contribution is 2.19. The fourth-order valence-corrected chi connectivity index (χ4v) is 4.06. The average molecular weight is 395 g/mol. The summed E-state index contributed by atoms with van der Waals surface area (Å²) in [7, 11) is 0. The third-order valence-corrected chi connectivity index (χ3v) is 5.95. The molecule has 0 saturated carbocycles. The van der Waals surface area contributed by atoms with Crippen LogP contribution in [0.3, 0.4) is 0 Å². The van der Waals surface area contributed by atoms with E-state index in [4.69, 9.17) is 0 Å². The molecule has 2 aliphatic rings. The molecule has 154 valence electrons. The number of aryl methyl sites for hydroxylation is 1. The van der Waals surface area contributed by atoms with Gasteiger partial charge >= 0.3 is 0 Å². The van der Waals surface area contributed by atoms with E-state index in [0.717, 1.165) is 51.6 Å². The molecule has 7 nitrogen and oxygen atoms in total. The first-order chi connectivity index (χ1) is 14.1. The number of hydrogen-bond acceptors (Lipinski definition) is 6. The normalized spacial score (nSPS) is 18.2. The second-order valence-electron chi connectivity index (χ2n) is 7.82. The number of hydrogen-bond donors (Lipinski definition) is 0. The highest BCUT2D eigenvalue weighted by molar-refractivity contribution is 5.92. The lowest BCUT2D eigenvalue weighted by molar-refractivity contribution is 0.0739. The molecule has 0 unspecified atom stereocenters. The number of benzene rings is 1. The number of nitrogens with zero attached hydrogens (tertiary/aromatic N) is 6. The predicted molar refractivity (Wildman–Crippen MR) is 116 cm³/mol. The number of aromatic nitrogens is 2. The van der Waals surface area contributed by atoms with E-state index in [-0.39, 0.29) is 5.91 Å². The Morgan fingerprint density at radius 1 is 0.897 bits per heavy atom. The third kappa shape index (κ3) is 4.50. The van der Waals surface area contributed by atoms with Gasteiger partial charge in [0, 0.05) is 58.0 Å². The molecule has 2 fully saturated rings. The van der Waals surface area contributed by atoms with E-state index >= 15 is 0 Å². The molecule has 0 bridgehead atoms. The van der Waals surface area contributed by atoms with Crippen molar-refractivity contribution in [2.24, 2.45) is 0 Å². The molecule has 1 aromatic carbocycles. The summed E-state index contributed by atoms with van der Waals surface area (Å²) in [4.78, 5) is 21.7. The number of carbonyl (C=O) groups is 1. The quantitative estimate of drug-likeness (QED) is 0.789. The Morgan fingerprint density at radius 2 is 1.62 bits per heavy atom. The molecule has 0 spiro atoms. The van der Waals surface area contributed by atoms with Gasteiger partial charge < -0.3 is 19.6 Å². The lowest BCUT2D eigenvalue weighted by Crippen LogP contribution is -2.49. The standard InChI is InChI=1S/C22H30N6O/c1-3-25-9-11-27(12-10-25)21-8-7-20(23-24-21)22(29)28-15-13-26(14-16-28)19-6-4-5-18(2)17-19/h4-8,17H,3,9-16H2,1-2H3. The van der Waals surface area contributed by atoms with Crippen molar-refractivity contribution in [3.63, 3.8) is 0 Å². The van der Waals surface area contributed by atoms with Crippen LogP contribution in [0.5, 0.6) is 0 Å². The Bertz CT molecular complexity index is 823. The Morgan fingerprint density at radius 3 is 2.24 bits per heavy atom. The monoisotopic (exact) mass is 394 g/mol. The molecule has 0 aliphatic carbocycles. The van der Waals surface area contributed by atoms with Crippen LogP contribution in [-0.4, -0.2) is 84.8 Å². The van der Waals surface area contributed by atoms with Gasteiger partial charge in [-0.3, -0.25) is 4.79 Å². The molecule has 4 rings (SSSR count). The van der Waals surface area contributed by atoms with Gasteiger partial charge in [-0.15, -0.1) is 10.2 Å². The van der Waals surface area contributed by atoms with E-state index in [2.05, 4.69) is 63.0 Å². The van der Waals surface area contributed by atoms with Crippen LogP contribution >= 0.6 is 0 Å². The van der Waals surface area contributed by atoms with Crippen LogP contribution in [0.25, 0.3) is 0 Å². The van der Waals surface area contributed by atoms with Crippen LogP contribution in [0.1, 0.15) is 23.0 Å². The molecule has 29 heavy (non-hydrogen) atoms. The molecule has 1 amide bonds. The third-order valence-electron chi connectivity index (χ3n) is 5.95. The summed E-state index contributed by atoms with van der Waals surface area (Å²) in [5.74, 6) is 0.838. The van der Waals surface area contributed by atoms with E-state index in [1.54, 1.807) is 0 Å². The SMILES string of the molecule is CCN1CCN(c2ccc(C(=O)N3CCN(c4cccc(C)c4)CC3)nn2)CC1. The van der Waals surface area contributed by atoms with Gasteiger partial charge in [0.25, 0.3) is 5.91 Å². The van der Waals surface area contributed by atoms with Crippen molar-refractivity contribution < 1.29 is 4.79 Å². The second kappa shape index (κ2) is 8.78. The van der Waals surface area contributed by atoms with Gasteiger partial charge in [-0.25, -0.2) is 0 Å². The van der Waals surface area contributed by atoms with E-state index in [9.17, 15) is 4.79 Å². The molecule has 2 aliphatic heterocycles. The van der Waals surface area contributed by atoms with E-state index in [1.165, 1.54) is 11.3 Å². The summed E-state index contributed by atoms with van der Waals surface area (Å²) in [6.45, 7) is 12.5. The first-order valence-electron chi connectivity index (χ1n) is 10.6. The molecule has 1 aromatic heterocycles. The van der Waals surface area contributed by atoms with Gasteiger partial charge in [-0.05, 0) is 43.3 Å². The Kier molecular flexibility index (Phi) is 5.94. The fraction of sp³-hybridized carbons (Fsp3) is 0.500. The maximum atomic E-state index is 12.9. The first kappa shape index (κ1) is 19.6. The van der Waals surface area contributed by atoms with Gasteiger partial charge in [-0.1, -0.05) is 19.1 Å². The summed E-state index contributed by atoms with van der Waals surface area (Å²) in [5, 5.41) is 8.59. The Labute approximate surface area is 172 Å². The number of rotatable bonds is 4. The topological polar surface area (TPSA) is 55.8 Å². The highest BCUT2D eigenvalue weighted by atomic mass is 16.2. The molecular weight excluding hydrogens is 364 g/mol. The lowest BCUT2D eigenvalue weighted by Gasteiger charge is -2.36. The van der Waals surface area contributed by atoms with Crippen LogP contribution in [0, 0.1) is 6.92 Å². The van der Waals surface area contributed by atoms with Crippen molar-refractivity contribution in [2.75, 3.05) is 68.7 Å². The van der Waals surface area contributed by atoms with E-state index in [1.807, 2.05) is 17.0 Å². The molecular formula is C22H30N6O. The van der Waals surface area contributed by atoms with Gasteiger partial charge in [-0.2, -0.15) is 0 Å². The van der Waals surface area contributed by atoms with Crippen molar-refractivity contribution in [2.45, 2.75) is 13.8 Å². The maximum Gasteiger partial charge on any atom is 0.274 e. The Hall–Kier alpha value is -2.67. The van der Waals surface area contributed by atoms with Gasteiger partial charge in [0.05, 0.1) is 0 Å². The number of likely N-dealkylation sites (N-methyl/N-ethyl adjacent to an activating group) is 1. The molecule has 0 atom stereocenters. The fourth-order valence-electron chi connectivity index (χ4n) is 4.06. The maximum absolute atomic E-state index is 12.9. The van der Waals surface area contributed by atoms with Crippen LogP contribution in [-0.2, 0) is 0 Å². The molecule has 2 aromatic rings. The molecule has 0 radical (unpaired) electrons.